The van der Waals surface area contributed by atoms with Crippen molar-refractivity contribution in [1.82, 2.24) is 5.32 Å². The Morgan fingerprint density at radius 1 is 1.58 bits per heavy atom. The molecule has 0 aromatic carbocycles. The first-order valence-electron chi connectivity index (χ1n) is 3.75. The SMILES string of the molecule is Cc1ccc(C2COC(=O)N2)o1. The topological polar surface area (TPSA) is 51.5 Å². The summed E-state index contributed by atoms with van der Waals surface area (Å²) < 4.78 is 10.0. The zero-order valence-corrected chi connectivity index (χ0v) is 6.66. The van der Waals surface area contributed by atoms with Crippen LogP contribution in [0.25, 0.3) is 0 Å². The molecule has 1 fully saturated rings. The van der Waals surface area contributed by atoms with E-state index in [1.807, 2.05) is 19.1 Å². The molecule has 1 amide bonds. The number of carbonyl (C=O) groups excluding carboxylic acids is 1. The molecule has 1 N–H and O–H groups in total. The molecule has 1 aliphatic heterocycles. The lowest BCUT2D eigenvalue weighted by molar-refractivity contribution is 0.176. The summed E-state index contributed by atoms with van der Waals surface area (Å²) in [6, 6.07) is 3.58. The number of ether oxygens (including phenoxy) is 1. The fraction of sp³-hybridized carbons (Fsp3) is 0.375. The lowest BCUT2D eigenvalue weighted by Gasteiger charge is -2.00. The van der Waals surface area contributed by atoms with Gasteiger partial charge in [-0.1, -0.05) is 0 Å². The molecule has 0 aliphatic carbocycles. The summed E-state index contributed by atoms with van der Waals surface area (Å²) in [4.78, 5) is 10.7. The van der Waals surface area contributed by atoms with Crippen molar-refractivity contribution in [2.45, 2.75) is 13.0 Å². The van der Waals surface area contributed by atoms with Crippen LogP contribution in [0.15, 0.2) is 16.5 Å². The Morgan fingerprint density at radius 2 is 2.42 bits per heavy atom. The molecule has 1 aromatic heterocycles. The van der Waals surface area contributed by atoms with Crippen LogP contribution in [0.2, 0.25) is 0 Å². The molecular weight excluding hydrogens is 158 g/mol. The number of nitrogens with one attached hydrogen (secondary N) is 1. The zero-order valence-electron chi connectivity index (χ0n) is 6.66. The number of furan rings is 1. The Balaban J connectivity index is 2.15. The molecule has 4 heteroatoms. The maximum atomic E-state index is 10.7. The van der Waals surface area contributed by atoms with Gasteiger partial charge in [-0.25, -0.2) is 4.79 Å². The second kappa shape index (κ2) is 2.55. The Kier molecular flexibility index (Phi) is 1.53. The minimum absolute atomic E-state index is 0.119. The lowest BCUT2D eigenvalue weighted by atomic mass is 10.2. The fourth-order valence-corrected chi connectivity index (χ4v) is 1.18. The molecule has 64 valence electrons. The van der Waals surface area contributed by atoms with Gasteiger partial charge in [0.1, 0.15) is 24.2 Å². The van der Waals surface area contributed by atoms with Crippen molar-refractivity contribution < 1.29 is 13.9 Å². The summed E-state index contributed by atoms with van der Waals surface area (Å²) in [5, 5.41) is 2.63. The summed E-state index contributed by atoms with van der Waals surface area (Å²) >= 11 is 0. The first-order chi connectivity index (χ1) is 5.75. The first kappa shape index (κ1) is 7.21. The van der Waals surface area contributed by atoms with Crippen LogP contribution in [-0.4, -0.2) is 12.7 Å². The van der Waals surface area contributed by atoms with Gasteiger partial charge in [0.25, 0.3) is 0 Å². The molecular formula is C8H9NO3. The van der Waals surface area contributed by atoms with Crippen molar-refractivity contribution in [3.05, 3.63) is 23.7 Å². The van der Waals surface area contributed by atoms with Gasteiger partial charge < -0.3 is 14.5 Å². The van der Waals surface area contributed by atoms with Crippen molar-refractivity contribution in [2.75, 3.05) is 6.61 Å². The lowest BCUT2D eigenvalue weighted by Crippen LogP contribution is -2.17. The Morgan fingerprint density at radius 3 is 2.92 bits per heavy atom. The van der Waals surface area contributed by atoms with E-state index < -0.39 is 0 Å². The average molecular weight is 167 g/mol. The highest BCUT2D eigenvalue weighted by Gasteiger charge is 2.25. The van der Waals surface area contributed by atoms with Crippen LogP contribution in [0, 0.1) is 6.92 Å². The molecule has 1 aromatic rings. The van der Waals surface area contributed by atoms with Gasteiger partial charge in [-0.3, -0.25) is 0 Å². The number of cyclic esters (lactones) is 1. The number of rotatable bonds is 1. The smallest absolute Gasteiger partial charge is 0.407 e. The molecule has 0 spiro atoms. The molecule has 0 radical (unpaired) electrons. The molecule has 1 atom stereocenters. The zero-order chi connectivity index (χ0) is 8.55. The molecule has 1 aliphatic rings. The largest absolute Gasteiger partial charge is 0.464 e. The van der Waals surface area contributed by atoms with Gasteiger partial charge in [0.05, 0.1) is 0 Å². The van der Waals surface area contributed by atoms with Gasteiger partial charge in [0, 0.05) is 0 Å². The van der Waals surface area contributed by atoms with E-state index in [0.29, 0.717) is 6.61 Å². The van der Waals surface area contributed by atoms with E-state index in [4.69, 9.17) is 9.15 Å². The summed E-state index contributed by atoms with van der Waals surface area (Å²) in [6.45, 7) is 2.22. The van der Waals surface area contributed by atoms with Crippen molar-refractivity contribution in [1.29, 1.82) is 0 Å². The number of hydrogen-bond donors (Lipinski definition) is 1. The molecule has 12 heavy (non-hydrogen) atoms. The van der Waals surface area contributed by atoms with Gasteiger partial charge in [0.15, 0.2) is 0 Å². The normalized spacial score (nSPS) is 22.1. The van der Waals surface area contributed by atoms with E-state index in [0.717, 1.165) is 11.5 Å². The molecule has 0 saturated carbocycles. The number of alkyl carbamates (subject to hydrolysis) is 1. The highest BCUT2D eigenvalue weighted by Crippen LogP contribution is 2.19. The predicted octanol–water partition coefficient (Wildman–Crippen LogP) is 1.37. The van der Waals surface area contributed by atoms with E-state index in [1.54, 1.807) is 0 Å². The third-order valence-electron chi connectivity index (χ3n) is 1.78. The summed E-state index contributed by atoms with van der Waals surface area (Å²) in [5.74, 6) is 1.59. The highest BCUT2D eigenvalue weighted by molar-refractivity contribution is 5.69. The average Bonchev–Trinajstić information content (AvgIpc) is 2.58. The second-order valence-electron chi connectivity index (χ2n) is 2.74. The quantitative estimate of drug-likeness (QED) is 0.687. The number of amides is 1. The van der Waals surface area contributed by atoms with E-state index in [2.05, 4.69) is 5.32 Å². The predicted molar refractivity (Wildman–Crippen MR) is 40.7 cm³/mol. The van der Waals surface area contributed by atoms with E-state index in [9.17, 15) is 4.79 Å². The minimum atomic E-state index is -0.381. The Hall–Kier alpha value is -1.45. The van der Waals surface area contributed by atoms with E-state index >= 15 is 0 Å². The Bertz CT molecular complexity index is 305. The van der Waals surface area contributed by atoms with Crippen molar-refractivity contribution in [2.24, 2.45) is 0 Å². The van der Waals surface area contributed by atoms with Crippen LogP contribution >= 0.6 is 0 Å². The number of carbonyl (C=O) groups is 1. The van der Waals surface area contributed by atoms with Crippen molar-refractivity contribution in [3.63, 3.8) is 0 Å². The van der Waals surface area contributed by atoms with Crippen LogP contribution in [-0.2, 0) is 4.74 Å². The molecule has 4 nitrogen and oxygen atoms in total. The molecule has 2 heterocycles. The van der Waals surface area contributed by atoms with Gasteiger partial charge in [-0.15, -0.1) is 0 Å². The maximum absolute atomic E-state index is 10.7. The summed E-state index contributed by atoms with van der Waals surface area (Å²) in [7, 11) is 0. The third-order valence-corrected chi connectivity index (χ3v) is 1.78. The highest BCUT2D eigenvalue weighted by atomic mass is 16.6. The third kappa shape index (κ3) is 1.15. The molecule has 0 bridgehead atoms. The first-order valence-corrected chi connectivity index (χ1v) is 3.75. The standard InChI is InChI=1S/C8H9NO3/c1-5-2-3-7(12-5)6-4-11-8(10)9-6/h2-3,6H,4H2,1H3,(H,9,10). The van der Waals surface area contributed by atoms with Gasteiger partial charge in [-0.2, -0.15) is 0 Å². The maximum Gasteiger partial charge on any atom is 0.407 e. The van der Waals surface area contributed by atoms with Crippen molar-refractivity contribution >= 4 is 6.09 Å². The Labute approximate surface area is 69.5 Å². The van der Waals surface area contributed by atoms with Gasteiger partial charge in [0.2, 0.25) is 0 Å². The molecule has 1 saturated heterocycles. The van der Waals surface area contributed by atoms with Gasteiger partial charge in [-0.05, 0) is 19.1 Å². The monoisotopic (exact) mass is 167 g/mol. The van der Waals surface area contributed by atoms with Crippen molar-refractivity contribution in [3.8, 4) is 0 Å². The summed E-state index contributed by atoms with van der Waals surface area (Å²) in [5.41, 5.74) is 0. The fourth-order valence-electron chi connectivity index (χ4n) is 1.18. The van der Waals surface area contributed by atoms with Crippen LogP contribution in [0.1, 0.15) is 17.6 Å². The summed E-state index contributed by atoms with van der Waals surface area (Å²) in [6.07, 6.45) is -0.381. The number of hydrogen-bond acceptors (Lipinski definition) is 3. The number of aryl methyl sites for hydroxylation is 1. The van der Waals surface area contributed by atoms with Crippen LogP contribution in [0.4, 0.5) is 4.79 Å². The van der Waals surface area contributed by atoms with E-state index in [1.165, 1.54) is 0 Å². The second-order valence-corrected chi connectivity index (χ2v) is 2.74. The van der Waals surface area contributed by atoms with Crippen LogP contribution in [0.3, 0.4) is 0 Å². The van der Waals surface area contributed by atoms with Gasteiger partial charge >= 0.3 is 6.09 Å². The molecule has 1 unspecified atom stereocenters. The van der Waals surface area contributed by atoms with Crippen LogP contribution < -0.4 is 5.32 Å². The van der Waals surface area contributed by atoms with E-state index in [-0.39, 0.29) is 12.1 Å². The minimum Gasteiger partial charge on any atom is -0.464 e. The van der Waals surface area contributed by atoms with Crippen LogP contribution in [0.5, 0.6) is 0 Å². The molecule has 2 rings (SSSR count).